The highest BCUT2D eigenvalue weighted by atomic mass is 16.2. The van der Waals surface area contributed by atoms with Crippen LogP contribution in [-0.2, 0) is 6.54 Å². The maximum Gasteiger partial charge on any atom is 0.269 e. The lowest BCUT2D eigenvalue weighted by molar-refractivity contribution is 0.0943. The molecule has 0 fully saturated rings. The van der Waals surface area contributed by atoms with Crippen LogP contribution in [0.1, 0.15) is 29.5 Å². The molecule has 1 aromatic heterocycles. The van der Waals surface area contributed by atoms with Crippen molar-refractivity contribution in [1.29, 1.82) is 0 Å². The number of rotatable bonds is 5. The molecule has 1 N–H and O–H groups in total. The van der Waals surface area contributed by atoms with Crippen LogP contribution in [0, 0.1) is 6.92 Å². The molecule has 0 radical (unpaired) electrons. The minimum Gasteiger partial charge on any atom is -0.350 e. The number of amides is 1. The fourth-order valence-electron chi connectivity index (χ4n) is 1.35. The van der Waals surface area contributed by atoms with E-state index in [2.05, 4.69) is 17.0 Å². The van der Waals surface area contributed by atoms with E-state index in [0.29, 0.717) is 18.8 Å². The molecule has 0 aliphatic carbocycles. The zero-order valence-corrected chi connectivity index (χ0v) is 9.29. The highest BCUT2D eigenvalue weighted by molar-refractivity contribution is 5.92. The van der Waals surface area contributed by atoms with Crippen molar-refractivity contribution in [3.05, 3.63) is 30.1 Å². The second-order valence-corrected chi connectivity index (χ2v) is 3.32. The standard InChI is InChI=1S/C11H17N3O/c1-4-6-7-12-11(15)10-8-9(3)13-14(10)5-2/h4,8H,1,5-7H2,2-3H3,(H,12,15). The molecule has 1 heterocycles. The zero-order chi connectivity index (χ0) is 11.3. The Hall–Kier alpha value is -1.58. The Morgan fingerprint density at radius 3 is 3.07 bits per heavy atom. The summed E-state index contributed by atoms with van der Waals surface area (Å²) in [5.74, 6) is -0.0701. The Morgan fingerprint density at radius 2 is 2.47 bits per heavy atom. The van der Waals surface area contributed by atoms with Gasteiger partial charge in [-0.15, -0.1) is 6.58 Å². The zero-order valence-electron chi connectivity index (χ0n) is 9.29. The summed E-state index contributed by atoms with van der Waals surface area (Å²) in [7, 11) is 0. The van der Waals surface area contributed by atoms with Crippen molar-refractivity contribution in [2.24, 2.45) is 0 Å². The normalized spacial score (nSPS) is 10.0. The molecule has 4 heteroatoms. The number of aromatic nitrogens is 2. The summed E-state index contributed by atoms with van der Waals surface area (Å²) in [5, 5.41) is 7.03. The van der Waals surface area contributed by atoms with Gasteiger partial charge in [0, 0.05) is 13.1 Å². The molecule has 4 nitrogen and oxygen atoms in total. The quantitative estimate of drug-likeness (QED) is 0.587. The molecule has 0 bridgehead atoms. The first kappa shape index (κ1) is 11.5. The van der Waals surface area contributed by atoms with Gasteiger partial charge in [0.2, 0.25) is 0 Å². The van der Waals surface area contributed by atoms with Crippen LogP contribution in [0.5, 0.6) is 0 Å². The van der Waals surface area contributed by atoms with Crippen LogP contribution in [0.25, 0.3) is 0 Å². The Labute approximate surface area is 90.0 Å². The predicted octanol–water partition coefficient (Wildman–Crippen LogP) is 1.52. The lowest BCUT2D eigenvalue weighted by atomic mass is 10.3. The summed E-state index contributed by atoms with van der Waals surface area (Å²) in [6.07, 6.45) is 2.56. The van der Waals surface area contributed by atoms with E-state index in [1.54, 1.807) is 16.8 Å². The van der Waals surface area contributed by atoms with Crippen LogP contribution in [0.3, 0.4) is 0 Å². The molecular weight excluding hydrogens is 190 g/mol. The second-order valence-electron chi connectivity index (χ2n) is 3.32. The molecule has 0 spiro atoms. The smallest absolute Gasteiger partial charge is 0.269 e. The molecule has 0 saturated carbocycles. The highest BCUT2D eigenvalue weighted by Crippen LogP contribution is 2.03. The van der Waals surface area contributed by atoms with Crippen LogP contribution in [0.15, 0.2) is 18.7 Å². The van der Waals surface area contributed by atoms with Gasteiger partial charge >= 0.3 is 0 Å². The fraction of sp³-hybridized carbons (Fsp3) is 0.455. The molecule has 0 unspecified atom stereocenters. The first-order chi connectivity index (χ1) is 7.19. The van der Waals surface area contributed by atoms with E-state index in [1.165, 1.54) is 0 Å². The molecule has 1 amide bonds. The van der Waals surface area contributed by atoms with E-state index < -0.39 is 0 Å². The lowest BCUT2D eigenvalue weighted by Gasteiger charge is -2.04. The summed E-state index contributed by atoms with van der Waals surface area (Å²) in [6.45, 7) is 8.77. The summed E-state index contributed by atoms with van der Waals surface area (Å²) < 4.78 is 1.71. The van der Waals surface area contributed by atoms with Crippen LogP contribution < -0.4 is 5.32 Å². The maximum absolute atomic E-state index is 11.7. The maximum atomic E-state index is 11.7. The van der Waals surface area contributed by atoms with Crippen LogP contribution in [0.2, 0.25) is 0 Å². The van der Waals surface area contributed by atoms with Gasteiger partial charge in [-0.05, 0) is 26.3 Å². The molecule has 82 valence electrons. The van der Waals surface area contributed by atoms with Crippen molar-refractivity contribution in [3.63, 3.8) is 0 Å². The number of nitrogens with zero attached hydrogens (tertiary/aromatic N) is 2. The summed E-state index contributed by atoms with van der Waals surface area (Å²) >= 11 is 0. The molecule has 1 aromatic rings. The Balaban J connectivity index is 2.67. The van der Waals surface area contributed by atoms with E-state index in [0.717, 1.165) is 12.1 Å². The highest BCUT2D eigenvalue weighted by Gasteiger charge is 2.11. The van der Waals surface area contributed by atoms with Crippen molar-refractivity contribution < 1.29 is 4.79 Å². The van der Waals surface area contributed by atoms with Gasteiger partial charge < -0.3 is 5.32 Å². The van der Waals surface area contributed by atoms with Gasteiger partial charge in [0.05, 0.1) is 5.69 Å². The Bertz CT molecular complexity index is 355. The minimum atomic E-state index is -0.0701. The average molecular weight is 207 g/mol. The molecule has 0 aliphatic rings. The molecule has 0 saturated heterocycles. The number of nitrogens with one attached hydrogen (secondary N) is 1. The fourth-order valence-corrected chi connectivity index (χ4v) is 1.35. The number of hydrogen-bond donors (Lipinski definition) is 1. The Kier molecular flexibility index (Phi) is 4.09. The van der Waals surface area contributed by atoms with Gasteiger partial charge in [0.1, 0.15) is 5.69 Å². The second kappa shape index (κ2) is 5.34. The van der Waals surface area contributed by atoms with Crippen LogP contribution >= 0.6 is 0 Å². The first-order valence-electron chi connectivity index (χ1n) is 5.12. The van der Waals surface area contributed by atoms with E-state index in [-0.39, 0.29) is 5.91 Å². The molecule has 0 aliphatic heterocycles. The van der Waals surface area contributed by atoms with Gasteiger partial charge in [0.25, 0.3) is 5.91 Å². The van der Waals surface area contributed by atoms with E-state index >= 15 is 0 Å². The van der Waals surface area contributed by atoms with Gasteiger partial charge in [-0.3, -0.25) is 9.48 Å². The third kappa shape index (κ3) is 2.94. The van der Waals surface area contributed by atoms with Gasteiger partial charge in [-0.2, -0.15) is 5.10 Å². The number of carbonyl (C=O) groups excluding carboxylic acids is 1. The minimum absolute atomic E-state index is 0.0701. The third-order valence-electron chi connectivity index (χ3n) is 2.07. The van der Waals surface area contributed by atoms with E-state index in [4.69, 9.17) is 0 Å². The monoisotopic (exact) mass is 207 g/mol. The van der Waals surface area contributed by atoms with Crippen LogP contribution in [0.4, 0.5) is 0 Å². The topological polar surface area (TPSA) is 46.9 Å². The summed E-state index contributed by atoms with van der Waals surface area (Å²) in [6, 6.07) is 1.80. The number of carbonyl (C=O) groups is 1. The Morgan fingerprint density at radius 1 is 1.73 bits per heavy atom. The third-order valence-corrected chi connectivity index (χ3v) is 2.07. The summed E-state index contributed by atoms with van der Waals surface area (Å²) in [4.78, 5) is 11.7. The summed E-state index contributed by atoms with van der Waals surface area (Å²) in [5.41, 5.74) is 1.49. The van der Waals surface area contributed by atoms with Crippen LogP contribution in [-0.4, -0.2) is 22.2 Å². The van der Waals surface area contributed by atoms with Gasteiger partial charge in [-0.1, -0.05) is 6.08 Å². The average Bonchev–Trinajstić information content (AvgIpc) is 2.60. The predicted molar refractivity (Wildman–Crippen MR) is 59.8 cm³/mol. The number of aryl methyl sites for hydroxylation is 2. The van der Waals surface area contributed by atoms with Crippen molar-refractivity contribution in [2.45, 2.75) is 26.8 Å². The molecule has 0 atom stereocenters. The molecular formula is C11H17N3O. The largest absolute Gasteiger partial charge is 0.350 e. The van der Waals surface area contributed by atoms with E-state index in [9.17, 15) is 4.79 Å². The van der Waals surface area contributed by atoms with Gasteiger partial charge in [-0.25, -0.2) is 0 Å². The van der Waals surface area contributed by atoms with E-state index in [1.807, 2.05) is 13.8 Å². The first-order valence-corrected chi connectivity index (χ1v) is 5.12. The molecule has 1 rings (SSSR count). The van der Waals surface area contributed by atoms with Gasteiger partial charge in [0.15, 0.2) is 0 Å². The molecule has 0 aromatic carbocycles. The van der Waals surface area contributed by atoms with Crippen molar-refractivity contribution in [3.8, 4) is 0 Å². The van der Waals surface area contributed by atoms with Crippen molar-refractivity contribution in [1.82, 2.24) is 15.1 Å². The number of hydrogen-bond acceptors (Lipinski definition) is 2. The van der Waals surface area contributed by atoms with Crippen molar-refractivity contribution in [2.75, 3.05) is 6.54 Å². The van der Waals surface area contributed by atoms with Crippen molar-refractivity contribution >= 4 is 5.91 Å². The lowest BCUT2D eigenvalue weighted by Crippen LogP contribution is -2.26. The molecule has 15 heavy (non-hydrogen) atoms. The SMILES string of the molecule is C=CCCNC(=O)c1cc(C)nn1CC.